The molecule has 1 N–H and O–H groups in total. The molecule has 0 spiro atoms. The Bertz CT molecular complexity index is 636. The number of rotatable bonds is 4. The molecule has 5 heteroatoms. The highest BCUT2D eigenvalue weighted by Gasteiger charge is 2.30. The first-order chi connectivity index (χ1) is 10.3. The molecule has 1 atom stereocenters. The lowest BCUT2D eigenvalue weighted by Crippen LogP contribution is -2.34. The van der Waals surface area contributed by atoms with Crippen molar-refractivity contribution in [2.75, 3.05) is 18.1 Å². The molecule has 0 bridgehead atoms. The summed E-state index contributed by atoms with van der Waals surface area (Å²) < 4.78 is 1.81. The topological polar surface area (TPSA) is 58.4 Å². The van der Waals surface area contributed by atoms with E-state index in [1.807, 2.05) is 41.9 Å². The van der Waals surface area contributed by atoms with Crippen LogP contribution in [0.4, 0.5) is 5.82 Å². The summed E-state index contributed by atoms with van der Waals surface area (Å²) in [6, 6.07) is 9.84. The molecule has 0 radical (unpaired) electrons. The van der Waals surface area contributed by atoms with Gasteiger partial charge in [0, 0.05) is 6.54 Å². The lowest BCUT2D eigenvalue weighted by molar-refractivity contribution is 0.112. The van der Waals surface area contributed by atoms with Crippen LogP contribution in [0.1, 0.15) is 28.9 Å². The summed E-state index contributed by atoms with van der Waals surface area (Å²) in [5.41, 5.74) is 2.25. The number of benzene rings is 1. The second-order valence-corrected chi connectivity index (χ2v) is 5.36. The lowest BCUT2D eigenvalue weighted by atomic mass is 10.2. The second kappa shape index (κ2) is 5.69. The number of hydrogen-bond donors (Lipinski definition) is 1. The molecule has 1 aliphatic heterocycles. The monoisotopic (exact) mass is 285 g/mol. The number of aryl methyl sites for hydroxylation is 1. The van der Waals surface area contributed by atoms with Gasteiger partial charge in [-0.15, -0.1) is 0 Å². The van der Waals surface area contributed by atoms with Gasteiger partial charge in [-0.3, -0.25) is 4.79 Å². The predicted octanol–water partition coefficient (Wildman–Crippen LogP) is 1.95. The highest BCUT2D eigenvalue weighted by Crippen LogP contribution is 2.31. The largest absolute Gasteiger partial charge is 0.394 e. The molecule has 2 heterocycles. The molecule has 1 aromatic heterocycles. The minimum Gasteiger partial charge on any atom is -0.394 e. The molecule has 1 saturated heterocycles. The van der Waals surface area contributed by atoms with Gasteiger partial charge >= 0.3 is 0 Å². The van der Waals surface area contributed by atoms with E-state index in [2.05, 4.69) is 10.00 Å². The first-order valence-electron chi connectivity index (χ1n) is 7.24. The molecule has 5 nitrogen and oxygen atoms in total. The number of carbonyl (C=O) groups excluding carboxylic acids is 1. The van der Waals surface area contributed by atoms with Crippen LogP contribution in [0, 0.1) is 6.92 Å². The van der Waals surface area contributed by atoms with Crippen molar-refractivity contribution < 1.29 is 9.90 Å². The van der Waals surface area contributed by atoms with E-state index in [1.54, 1.807) is 0 Å². The minimum atomic E-state index is 0.0577. The maximum absolute atomic E-state index is 11.5. The van der Waals surface area contributed by atoms with Crippen LogP contribution in [0.3, 0.4) is 0 Å². The summed E-state index contributed by atoms with van der Waals surface area (Å²) in [5, 5.41) is 14.1. The number of aliphatic hydroxyl groups is 1. The Balaban J connectivity index is 2.15. The Morgan fingerprint density at radius 3 is 2.81 bits per heavy atom. The van der Waals surface area contributed by atoms with Crippen LogP contribution in [0.2, 0.25) is 0 Å². The van der Waals surface area contributed by atoms with E-state index in [0.29, 0.717) is 11.3 Å². The van der Waals surface area contributed by atoms with E-state index in [0.717, 1.165) is 37.2 Å². The number of aliphatic hydroxyl groups excluding tert-OH is 1. The molecule has 21 heavy (non-hydrogen) atoms. The molecule has 110 valence electrons. The molecule has 1 fully saturated rings. The zero-order valence-electron chi connectivity index (χ0n) is 12.1. The maximum atomic E-state index is 11.5. The van der Waals surface area contributed by atoms with Gasteiger partial charge in [0.05, 0.1) is 29.6 Å². The third-order valence-corrected chi connectivity index (χ3v) is 4.06. The summed E-state index contributed by atoms with van der Waals surface area (Å²) in [6.45, 7) is 2.78. The minimum absolute atomic E-state index is 0.0577. The normalized spacial score (nSPS) is 18.2. The van der Waals surface area contributed by atoms with Gasteiger partial charge in [0.2, 0.25) is 0 Å². The number of aldehydes is 1. The summed E-state index contributed by atoms with van der Waals surface area (Å²) in [5.74, 6) is 0.797. The van der Waals surface area contributed by atoms with Crippen molar-refractivity contribution >= 4 is 12.1 Å². The highest BCUT2D eigenvalue weighted by molar-refractivity contribution is 5.85. The van der Waals surface area contributed by atoms with Crippen LogP contribution < -0.4 is 4.90 Å². The summed E-state index contributed by atoms with van der Waals surface area (Å²) >= 11 is 0. The number of para-hydroxylation sites is 1. The Morgan fingerprint density at radius 1 is 1.38 bits per heavy atom. The Kier molecular flexibility index (Phi) is 3.75. The Labute approximate surface area is 123 Å². The molecule has 0 aliphatic carbocycles. The molecule has 3 rings (SSSR count). The van der Waals surface area contributed by atoms with E-state index in [9.17, 15) is 9.90 Å². The van der Waals surface area contributed by atoms with Crippen LogP contribution in [0.25, 0.3) is 5.69 Å². The average Bonchev–Trinajstić information content (AvgIpc) is 3.11. The molecular weight excluding hydrogens is 266 g/mol. The smallest absolute Gasteiger partial charge is 0.155 e. The molecule has 1 unspecified atom stereocenters. The standard InChI is InChI=1S/C16H19N3O2/c1-12-15(11-21)16(18-9-5-8-14(18)10-20)19(17-12)13-6-3-2-4-7-13/h2-4,6-7,11,14,20H,5,8-10H2,1H3. The average molecular weight is 285 g/mol. The van der Waals surface area contributed by atoms with Crippen molar-refractivity contribution in [1.82, 2.24) is 9.78 Å². The van der Waals surface area contributed by atoms with Crippen LogP contribution >= 0.6 is 0 Å². The quantitative estimate of drug-likeness (QED) is 0.872. The van der Waals surface area contributed by atoms with Gasteiger partial charge in [0.25, 0.3) is 0 Å². The fourth-order valence-electron chi connectivity index (χ4n) is 3.00. The van der Waals surface area contributed by atoms with Crippen molar-refractivity contribution in [2.45, 2.75) is 25.8 Å². The van der Waals surface area contributed by atoms with Crippen LogP contribution in [-0.2, 0) is 0 Å². The van der Waals surface area contributed by atoms with Gasteiger partial charge in [0.15, 0.2) is 6.29 Å². The van der Waals surface area contributed by atoms with Gasteiger partial charge in [-0.2, -0.15) is 5.10 Å². The summed E-state index contributed by atoms with van der Waals surface area (Å²) in [6.07, 6.45) is 2.82. The van der Waals surface area contributed by atoms with Crippen molar-refractivity contribution in [3.8, 4) is 5.69 Å². The van der Waals surface area contributed by atoms with Gasteiger partial charge in [0.1, 0.15) is 5.82 Å². The third-order valence-electron chi connectivity index (χ3n) is 4.06. The van der Waals surface area contributed by atoms with Crippen LogP contribution in [-0.4, -0.2) is 40.4 Å². The van der Waals surface area contributed by atoms with Crippen LogP contribution in [0.15, 0.2) is 30.3 Å². The van der Waals surface area contributed by atoms with Crippen molar-refractivity contribution in [2.24, 2.45) is 0 Å². The highest BCUT2D eigenvalue weighted by atomic mass is 16.3. The molecule has 2 aromatic rings. The molecule has 1 aromatic carbocycles. The lowest BCUT2D eigenvalue weighted by Gasteiger charge is -2.26. The van der Waals surface area contributed by atoms with Gasteiger partial charge in [-0.1, -0.05) is 18.2 Å². The first kappa shape index (κ1) is 13.8. The van der Waals surface area contributed by atoms with Gasteiger partial charge in [-0.05, 0) is 31.9 Å². The fourth-order valence-corrected chi connectivity index (χ4v) is 3.00. The molecular formula is C16H19N3O2. The van der Waals surface area contributed by atoms with E-state index in [4.69, 9.17) is 0 Å². The van der Waals surface area contributed by atoms with E-state index in [-0.39, 0.29) is 12.6 Å². The zero-order valence-corrected chi connectivity index (χ0v) is 12.1. The van der Waals surface area contributed by atoms with Gasteiger partial charge < -0.3 is 10.0 Å². The second-order valence-electron chi connectivity index (χ2n) is 5.36. The maximum Gasteiger partial charge on any atom is 0.155 e. The molecule has 0 amide bonds. The van der Waals surface area contributed by atoms with E-state index < -0.39 is 0 Å². The number of nitrogens with zero attached hydrogens (tertiary/aromatic N) is 3. The summed E-state index contributed by atoms with van der Waals surface area (Å²) in [4.78, 5) is 13.6. The van der Waals surface area contributed by atoms with E-state index in [1.165, 1.54) is 0 Å². The Morgan fingerprint density at radius 2 is 2.14 bits per heavy atom. The summed E-state index contributed by atoms with van der Waals surface area (Å²) in [7, 11) is 0. The fraction of sp³-hybridized carbons (Fsp3) is 0.375. The van der Waals surface area contributed by atoms with E-state index >= 15 is 0 Å². The van der Waals surface area contributed by atoms with Crippen molar-refractivity contribution in [1.29, 1.82) is 0 Å². The van der Waals surface area contributed by atoms with Gasteiger partial charge in [-0.25, -0.2) is 4.68 Å². The van der Waals surface area contributed by atoms with Crippen molar-refractivity contribution in [3.05, 3.63) is 41.6 Å². The zero-order chi connectivity index (χ0) is 14.8. The van der Waals surface area contributed by atoms with Crippen molar-refractivity contribution in [3.63, 3.8) is 0 Å². The SMILES string of the molecule is Cc1nn(-c2ccccc2)c(N2CCCC2CO)c1C=O. The number of hydrogen-bond acceptors (Lipinski definition) is 4. The Hall–Kier alpha value is -2.14. The third kappa shape index (κ3) is 2.34. The number of anilines is 1. The molecule has 0 saturated carbocycles. The molecule has 1 aliphatic rings. The number of aromatic nitrogens is 2. The predicted molar refractivity (Wildman–Crippen MR) is 81.1 cm³/mol. The van der Waals surface area contributed by atoms with Crippen LogP contribution in [0.5, 0.6) is 0 Å². The first-order valence-corrected chi connectivity index (χ1v) is 7.24. The number of carbonyl (C=O) groups is 1.